The van der Waals surface area contributed by atoms with Crippen molar-refractivity contribution >= 4 is 29.9 Å². The number of aliphatic imine (C=N–C) groups is 1. The first-order valence-corrected chi connectivity index (χ1v) is 10.4. The van der Waals surface area contributed by atoms with E-state index in [2.05, 4.69) is 46.1 Å². The number of hydrogen-bond donors (Lipinski definition) is 2. The van der Waals surface area contributed by atoms with E-state index in [9.17, 15) is 0 Å². The van der Waals surface area contributed by atoms with Gasteiger partial charge in [-0.3, -0.25) is 9.89 Å². The molecule has 2 aliphatic rings. The van der Waals surface area contributed by atoms with E-state index < -0.39 is 0 Å². The van der Waals surface area contributed by atoms with Gasteiger partial charge in [0.1, 0.15) is 0 Å². The molecular formula is C19H41IN6. The zero-order valence-corrected chi connectivity index (χ0v) is 19.5. The molecule has 0 aromatic heterocycles. The minimum Gasteiger partial charge on any atom is -0.357 e. The zero-order valence-electron chi connectivity index (χ0n) is 17.2. The smallest absolute Gasteiger partial charge is 0.191 e. The van der Waals surface area contributed by atoms with Crippen molar-refractivity contribution in [2.45, 2.75) is 46.1 Å². The lowest BCUT2D eigenvalue weighted by molar-refractivity contribution is 0.109. The van der Waals surface area contributed by atoms with Gasteiger partial charge in [-0.05, 0) is 46.3 Å². The first kappa shape index (κ1) is 23.9. The lowest BCUT2D eigenvalue weighted by atomic mass is 10.1. The highest BCUT2D eigenvalue weighted by Gasteiger charge is 2.19. The van der Waals surface area contributed by atoms with Crippen molar-refractivity contribution < 1.29 is 0 Å². The van der Waals surface area contributed by atoms with Crippen LogP contribution in [0.15, 0.2) is 4.99 Å². The molecular weight excluding hydrogens is 439 g/mol. The van der Waals surface area contributed by atoms with E-state index in [-0.39, 0.29) is 24.0 Å². The molecule has 2 N–H and O–H groups in total. The predicted octanol–water partition coefficient (Wildman–Crippen LogP) is 1.67. The van der Waals surface area contributed by atoms with E-state index >= 15 is 0 Å². The number of rotatable bonds is 8. The molecule has 154 valence electrons. The maximum Gasteiger partial charge on any atom is 0.191 e. The Balaban J connectivity index is 0.00000338. The van der Waals surface area contributed by atoms with Gasteiger partial charge in [0.25, 0.3) is 0 Å². The molecule has 26 heavy (non-hydrogen) atoms. The maximum absolute atomic E-state index is 4.83. The van der Waals surface area contributed by atoms with E-state index in [0.29, 0.717) is 6.04 Å². The summed E-state index contributed by atoms with van der Waals surface area (Å²) < 4.78 is 0. The van der Waals surface area contributed by atoms with Crippen LogP contribution in [0.4, 0.5) is 0 Å². The molecule has 2 heterocycles. The number of hydrogen-bond acceptors (Lipinski definition) is 4. The number of nitrogens with one attached hydrogen (secondary N) is 2. The monoisotopic (exact) mass is 480 g/mol. The Hall–Kier alpha value is -0.120. The van der Waals surface area contributed by atoms with Crippen molar-refractivity contribution in [1.29, 1.82) is 0 Å². The van der Waals surface area contributed by atoms with Crippen LogP contribution >= 0.6 is 24.0 Å². The third-order valence-electron chi connectivity index (χ3n) is 5.50. The molecule has 1 atom stereocenters. The average Bonchev–Trinajstić information content (AvgIpc) is 2.66. The second kappa shape index (κ2) is 14.0. The Morgan fingerprint density at radius 1 is 0.923 bits per heavy atom. The summed E-state index contributed by atoms with van der Waals surface area (Å²) in [6.07, 6.45) is 4.12. The van der Waals surface area contributed by atoms with E-state index in [0.717, 1.165) is 32.1 Å². The minimum atomic E-state index is 0. The van der Waals surface area contributed by atoms with Crippen molar-refractivity contribution in [3.05, 3.63) is 0 Å². The predicted molar refractivity (Wildman–Crippen MR) is 123 cm³/mol. The van der Waals surface area contributed by atoms with Gasteiger partial charge in [-0.25, -0.2) is 0 Å². The number of piperazine rings is 1. The van der Waals surface area contributed by atoms with Crippen LogP contribution in [0.2, 0.25) is 0 Å². The zero-order chi connectivity index (χ0) is 17.9. The normalized spacial score (nSPS) is 21.9. The quantitative estimate of drug-likeness (QED) is 0.315. The molecule has 6 nitrogen and oxygen atoms in total. The Morgan fingerprint density at radius 3 is 2.23 bits per heavy atom. The first-order valence-electron chi connectivity index (χ1n) is 10.4. The van der Waals surface area contributed by atoms with Gasteiger partial charge in [0, 0.05) is 51.9 Å². The molecule has 0 aromatic carbocycles. The van der Waals surface area contributed by atoms with Crippen LogP contribution in [-0.4, -0.2) is 98.7 Å². The number of likely N-dealkylation sites (N-methyl/N-ethyl adjacent to an activating group) is 1. The van der Waals surface area contributed by atoms with E-state index in [1.807, 2.05) is 0 Å². The Morgan fingerprint density at radius 2 is 1.62 bits per heavy atom. The second-order valence-corrected chi connectivity index (χ2v) is 7.37. The van der Waals surface area contributed by atoms with Crippen LogP contribution in [0.25, 0.3) is 0 Å². The summed E-state index contributed by atoms with van der Waals surface area (Å²) in [5.74, 6) is 0.971. The van der Waals surface area contributed by atoms with Crippen molar-refractivity contribution in [1.82, 2.24) is 25.3 Å². The minimum absolute atomic E-state index is 0. The van der Waals surface area contributed by atoms with E-state index in [1.165, 1.54) is 65.1 Å². The third kappa shape index (κ3) is 8.71. The summed E-state index contributed by atoms with van der Waals surface area (Å²) in [6, 6.07) is 0.511. The highest BCUT2D eigenvalue weighted by atomic mass is 127. The second-order valence-electron chi connectivity index (χ2n) is 7.37. The summed E-state index contributed by atoms with van der Waals surface area (Å²) in [4.78, 5) is 12.5. The highest BCUT2D eigenvalue weighted by molar-refractivity contribution is 14.0. The average molecular weight is 480 g/mol. The number of piperidine rings is 1. The van der Waals surface area contributed by atoms with Gasteiger partial charge in [0.2, 0.25) is 0 Å². The lowest BCUT2D eigenvalue weighted by Gasteiger charge is -2.37. The molecule has 2 saturated heterocycles. The summed E-state index contributed by atoms with van der Waals surface area (Å²) in [5, 5.41) is 6.90. The van der Waals surface area contributed by atoms with Crippen LogP contribution < -0.4 is 10.6 Å². The van der Waals surface area contributed by atoms with Gasteiger partial charge in [0.15, 0.2) is 5.96 Å². The summed E-state index contributed by atoms with van der Waals surface area (Å²) in [7, 11) is 0. The molecule has 2 aliphatic heterocycles. The van der Waals surface area contributed by atoms with Gasteiger partial charge in [0.05, 0.1) is 6.54 Å². The molecule has 0 spiro atoms. The van der Waals surface area contributed by atoms with Crippen LogP contribution in [0, 0.1) is 0 Å². The summed E-state index contributed by atoms with van der Waals surface area (Å²) >= 11 is 0. The fourth-order valence-electron chi connectivity index (χ4n) is 3.72. The number of likely N-dealkylation sites (tertiary alicyclic amines) is 1. The fraction of sp³-hybridized carbons (Fsp3) is 0.947. The van der Waals surface area contributed by atoms with Crippen molar-refractivity contribution in [2.24, 2.45) is 4.99 Å². The number of nitrogens with zero attached hydrogens (tertiary/aromatic N) is 4. The standard InChI is InChI=1S/C19H40N6.HI/c1-4-20-19(21-9-12-24-10-7-6-8-11-24)22-17-18(3)25-15-13-23(5-2)14-16-25;/h18H,4-17H2,1-3H3,(H2,20,21,22);1H. The van der Waals surface area contributed by atoms with Gasteiger partial charge in [-0.15, -0.1) is 24.0 Å². The molecule has 0 saturated carbocycles. The maximum atomic E-state index is 4.83. The fourth-order valence-corrected chi connectivity index (χ4v) is 3.72. The highest BCUT2D eigenvalue weighted by Crippen LogP contribution is 2.08. The Bertz CT molecular complexity index is 378. The van der Waals surface area contributed by atoms with Gasteiger partial charge < -0.3 is 20.4 Å². The largest absolute Gasteiger partial charge is 0.357 e. The Labute approximate surface area is 178 Å². The van der Waals surface area contributed by atoms with Crippen molar-refractivity contribution in [3.63, 3.8) is 0 Å². The molecule has 0 bridgehead atoms. The van der Waals surface area contributed by atoms with Crippen molar-refractivity contribution in [3.8, 4) is 0 Å². The van der Waals surface area contributed by atoms with Crippen LogP contribution in [0.5, 0.6) is 0 Å². The summed E-state index contributed by atoms with van der Waals surface area (Å²) in [5.41, 5.74) is 0. The molecule has 0 aliphatic carbocycles. The van der Waals surface area contributed by atoms with E-state index in [4.69, 9.17) is 4.99 Å². The van der Waals surface area contributed by atoms with Gasteiger partial charge in [-0.2, -0.15) is 0 Å². The SMILES string of the molecule is CCNC(=NCC(C)N1CCN(CC)CC1)NCCN1CCCCC1.I. The molecule has 2 fully saturated rings. The third-order valence-corrected chi connectivity index (χ3v) is 5.50. The van der Waals surface area contributed by atoms with Crippen molar-refractivity contribution in [2.75, 3.05) is 72.0 Å². The van der Waals surface area contributed by atoms with E-state index in [1.54, 1.807) is 0 Å². The van der Waals surface area contributed by atoms with Crippen LogP contribution in [0.1, 0.15) is 40.0 Å². The van der Waals surface area contributed by atoms with Crippen LogP contribution in [-0.2, 0) is 0 Å². The molecule has 0 aromatic rings. The molecule has 1 unspecified atom stereocenters. The molecule has 2 rings (SSSR count). The van der Waals surface area contributed by atoms with Crippen LogP contribution in [0.3, 0.4) is 0 Å². The Kier molecular flexibility index (Phi) is 12.8. The topological polar surface area (TPSA) is 46.1 Å². The lowest BCUT2D eigenvalue weighted by Crippen LogP contribution is -2.50. The number of halogens is 1. The molecule has 7 heteroatoms. The van der Waals surface area contributed by atoms with Gasteiger partial charge >= 0.3 is 0 Å². The molecule has 0 amide bonds. The summed E-state index contributed by atoms with van der Waals surface area (Å²) in [6.45, 7) is 19.0. The van der Waals surface area contributed by atoms with Gasteiger partial charge in [-0.1, -0.05) is 13.3 Å². The number of guanidine groups is 1. The molecule has 0 radical (unpaired) electrons. The first-order chi connectivity index (χ1) is 12.2.